The minimum atomic E-state index is -1.30. The van der Waals surface area contributed by atoms with Crippen LogP contribution in [0.1, 0.15) is 31.5 Å². The van der Waals surface area contributed by atoms with Crippen LogP contribution in [-0.2, 0) is 5.54 Å². The predicted molar refractivity (Wildman–Crippen MR) is 38.2 cm³/mol. The zero-order valence-electron chi connectivity index (χ0n) is 7.33. The third kappa shape index (κ3) is 1.47. The van der Waals surface area contributed by atoms with Crippen LogP contribution in [0.25, 0.3) is 0 Å². The standard InChI is InChI=1S/C8H11NO3/c1-8(2,3)9-4-5-12-6(9)7(10)11/h4-5H,1-3H3. The van der Waals surface area contributed by atoms with Gasteiger partial charge in [-0.3, -0.25) is 0 Å². The third-order valence-corrected chi connectivity index (χ3v) is 1.51. The summed E-state index contributed by atoms with van der Waals surface area (Å²) in [6.07, 6.45) is 2.90. The van der Waals surface area contributed by atoms with Gasteiger partial charge in [-0.15, -0.1) is 0 Å². The molecule has 0 atom stereocenters. The van der Waals surface area contributed by atoms with E-state index in [1.807, 2.05) is 20.8 Å². The van der Waals surface area contributed by atoms with Gasteiger partial charge in [0.2, 0.25) is 6.20 Å². The Bertz CT molecular complexity index is 295. The molecule has 1 aromatic rings. The largest absolute Gasteiger partial charge is 0.537 e. The first-order valence-electron chi connectivity index (χ1n) is 3.64. The minimum Gasteiger partial charge on any atom is -0.537 e. The maximum absolute atomic E-state index is 10.5. The second kappa shape index (κ2) is 2.62. The normalized spacial score (nSPS) is 11.6. The highest BCUT2D eigenvalue weighted by molar-refractivity contribution is 5.78. The Kier molecular flexibility index (Phi) is 1.92. The summed E-state index contributed by atoms with van der Waals surface area (Å²) in [5.74, 6) is -1.45. The van der Waals surface area contributed by atoms with E-state index < -0.39 is 5.97 Å². The molecular weight excluding hydrogens is 158 g/mol. The molecule has 1 rings (SSSR count). The van der Waals surface area contributed by atoms with E-state index in [2.05, 4.69) is 0 Å². The second-order valence-electron chi connectivity index (χ2n) is 3.54. The van der Waals surface area contributed by atoms with Crippen molar-refractivity contribution in [1.82, 2.24) is 0 Å². The molecule has 0 unspecified atom stereocenters. The van der Waals surface area contributed by atoms with Gasteiger partial charge in [-0.25, -0.2) is 0 Å². The van der Waals surface area contributed by atoms with E-state index in [1.165, 1.54) is 10.8 Å². The lowest BCUT2D eigenvalue weighted by Gasteiger charge is -2.11. The van der Waals surface area contributed by atoms with Gasteiger partial charge in [-0.1, -0.05) is 0 Å². The first-order chi connectivity index (χ1) is 5.43. The lowest BCUT2D eigenvalue weighted by Crippen LogP contribution is -2.54. The second-order valence-corrected chi connectivity index (χ2v) is 3.54. The van der Waals surface area contributed by atoms with Crippen LogP contribution in [0.3, 0.4) is 0 Å². The average Bonchev–Trinajstić information content (AvgIpc) is 2.30. The van der Waals surface area contributed by atoms with Gasteiger partial charge in [0.1, 0.15) is 0 Å². The molecule has 1 aromatic heterocycles. The Morgan fingerprint density at radius 1 is 1.58 bits per heavy atom. The molecule has 0 saturated heterocycles. The molecule has 0 aliphatic rings. The van der Waals surface area contributed by atoms with Crippen molar-refractivity contribution in [3.05, 3.63) is 18.4 Å². The molecule has 1 heterocycles. The molecule has 0 aromatic carbocycles. The highest BCUT2D eigenvalue weighted by Gasteiger charge is 2.28. The zero-order chi connectivity index (χ0) is 9.35. The Balaban J connectivity index is 3.17. The highest BCUT2D eigenvalue weighted by atomic mass is 16.4. The fourth-order valence-corrected chi connectivity index (χ4v) is 0.955. The SMILES string of the molecule is CC(C)(C)[n+]1ccoc1C(=O)[O-]. The molecule has 4 nitrogen and oxygen atoms in total. The monoisotopic (exact) mass is 169 g/mol. The van der Waals surface area contributed by atoms with E-state index >= 15 is 0 Å². The summed E-state index contributed by atoms with van der Waals surface area (Å²) in [6.45, 7) is 5.65. The van der Waals surface area contributed by atoms with E-state index in [0.29, 0.717) is 0 Å². The summed E-state index contributed by atoms with van der Waals surface area (Å²) < 4.78 is 6.27. The molecule has 0 amide bonds. The van der Waals surface area contributed by atoms with Crippen LogP contribution in [-0.4, -0.2) is 5.97 Å². The van der Waals surface area contributed by atoms with Gasteiger partial charge >= 0.3 is 5.89 Å². The number of hydrogen-bond acceptors (Lipinski definition) is 3. The number of carboxylic acid groups (broad SMARTS) is 1. The molecule has 66 valence electrons. The topological polar surface area (TPSA) is 57.2 Å². The number of oxazole rings is 1. The molecule has 4 heteroatoms. The average molecular weight is 169 g/mol. The van der Waals surface area contributed by atoms with E-state index in [0.717, 1.165) is 0 Å². The number of carboxylic acids is 1. The number of aromatic nitrogens is 1. The van der Waals surface area contributed by atoms with Crippen molar-refractivity contribution in [2.45, 2.75) is 26.3 Å². The van der Waals surface area contributed by atoms with Gasteiger partial charge < -0.3 is 14.3 Å². The molecule has 0 fully saturated rings. The first kappa shape index (κ1) is 8.77. The number of carbonyl (C=O) groups excluding carboxylic acids is 1. The van der Waals surface area contributed by atoms with Crippen LogP contribution >= 0.6 is 0 Å². The van der Waals surface area contributed by atoms with Crippen molar-refractivity contribution >= 4 is 5.97 Å². The lowest BCUT2D eigenvalue weighted by molar-refractivity contribution is -0.759. The van der Waals surface area contributed by atoms with Gasteiger partial charge in [0.15, 0.2) is 17.8 Å². The number of hydrogen-bond donors (Lipinski definition) is 0. The van der Waals surface area contributed by atoms with E-state index in [-0.39, 0.29) is 11.4 Å². The first-order valence-corrected chi connectivity index (χ1v) is 3.64. The van der Waals surface area contributed by atoms with Crippen LogP contribution in [0.5, 0.6) is 0 Å². The summed E-state index contributed by atoms with van der Waals surface area (Å²) in [4.78, 5) is 10.5. The molecule has 0 bridgehead atoms. The fourth-order valence-electron chi connectivity index (χ4n) is 0.955. The summed E-state index contributed by atoms with van der Waals surface area (Å²) in [7, 11) is 0. The summed E-state index contributed by atoms with van der Waals surface area (Å²) in [6, 6.07) is 0. The van der Waals surface area contributed by atoms with Gasteiger partial charge in [0.05, 0.1) is 0 Å². The maximum atomic E-state index is 10.5. The van der Waals surface area contributed by atoms with Crippen LogP contribution in [0, 0.1) is 0 Å². The predicted octanol–water partition coefficient (Wildman–Crippen LogP) is -0.314. The van der Waals surface area contributed by atoms with Crippen LogP contribution in [0.2, 0.25) is 0 Å². The van der Waals surface area contributed by atoms with Gasteiger partial charge in [-0.05, 0) is 0 Å². The van der Waals surface area contributed by atoms with Crippen molar-refractivity contribution < 1.29 is 18.9 Å². The third-order valence-electron chi connectivity index (χ3n) is 1.51. The van der Waals surface area contributed by atoms with Crippen LogP contribution < -0.4 is 9.67 Å². The Hall–Kier alpha value is -1.32. The highest BCUT2D eigenvalue weighted by Crippen LogP contribution is 2.05. The molecule has 0 saturated carbocycles. The van der Waals surface area contributed by atoms with Crippen LogP contribution in [0.4, 0.5) is 0 Å². The van der Waals surface area contributed by atoms with Crippen molar-refractivity contribution in [2.75, 3.05) is 0 Å². The summed E-state index contributed by atoms with van der Waals surface area (Å²) in [5.41, 5.74) is -0.303. The molecule has 0 radical (unpaired) electrons. The molecule has 0 aliphatic heterocycles. The van der Waals surface area contributed by atoms with Gasteiger partial charge in [0, 0.05) is 20.8 Å². The Morgan fingerprint density at radius 3 is 2.50 bits per heavy atom. The molecular formula is C8H11NO3. The number of carbonyl (C=O) groups is 1. The Labute approximate surface area is 70.4 Å². The van der Waals surface area contributed by atoms with Gasteiger partial charge in [-0.2, -0.15) is 4.57 Å². The number of aromatic carboxylic acids is 1. The molecule has 12 heavy (non-hydrogen) atoms. The van der Waals surface area contributed by atoms with Crippen molar-refractivity contribution in [3.63, 3.8) is 0 Å². The maximum Gasteiger partial charge on any atom is 0.397 e. The van der Waals surface area contributed by atoms with Crippen molar-refractivity contribution in [2.24, 2.45) is 0 Å². The number of nitrogens with zero attached hydrogens (tertiary/aromatic N) is 1. The van der Waals surface area contributed by atoms with Crippen molar-refractivity contribution in [1.29, 1.82) is 0 Å². The van der Waals surface area contributed by atoms with E-state index in [1.54, 1.807) is 6.20 Å². The minimum absolute atomic E-state index is 0.150. The van der Waals surface area contributed by atoms with Gasteiger partial charge in [0.25, 0.3) is 0 Å². The summed E-state index contributed by atoms with van der Waals surface area (Å²) in [5, 5.41) is 10.5. The lowest BCUT2D eigenvalue weighted by atomic mass is 10.1. The Morgan fingerprint density at radius 2 is 2.17 bits per heavy atom. The molecule has 0 spiro atoms. The quantitative estimate of drug-likeness (QED) is 0.541. The van der Waals surface area contributed by atoms with E-state index in [9.17, 15) is 9.90 Å². The molecule has 0 N–H and O–H groups in total. The number of rotatable bonds is 1. The summed E-state index contributed by atoms with van der Waals surface area (Å²) >= 11 is 0. The molecule has 0 aliphatic carbocycles. The van der Waals surface area contributed by atoms with E-state index in [4.69, 9.17) is 4.42 Å². The fraction of sp³-hybridized carbons (Fsp3) is 0.500. The van der Waals surface area contributed by atoms with Crippen molar-refractivity contribution in [3.8, 4) is 0 Å². The van der Waals surface area contributed by atoms with Crippen LogP contribution in [0.15, 0.2) is 16.9 Å². The smallest absolute Gasteiger partial charge is 0.397 e. The zero-order valence-corrected chi connectivity index (χ0v) is 7.33.